The summed E-state index contributed by atoms with van der Waals surface area (Å²) in [5.74, 6) is -2.89. The maximum absolute atomic E-state index is 13.1. The zero-order chi connectivity index (χ0) is 26.9. The van der Waals surface area contributed by atoms with Gasteiger partial charge in [-0.05, 0) is 27.2 Å². The van der Waals surface area contributed by atoms with Crippen molar-refractivity contribution in [3.8, 4) is 0 Å². The molecule has 2 unspecified atom stereocenters. The van der Waals surface area contributed by atoms with Gasteiger partial charge in [-0.3, -0.25) is 19.2 Å². The predicted octanol–water partition coefficient (Wildman–Crippen LogP) is 2.11. The molecule has 1 aliphatic heterocycles. The van der Waals surface area contributed by atoms with Gasteiger partial charge in [0, 0.05) is 34.3 Å². The van der Waals surface area contributed by atoms with Gasteiger partial charge in [0.1, 0.15) is 24.4 Å². The molecule has 200 valence electrons. The second-order valence-electron chi connectivity index (χ2n) is 9.08. The summed E-state index contributed by atoms with van der Waals surface area (Å²) in [5.41, 5.74) is -0.955. The van der Waals surface area contributed by atoms with Crippen LogP contribution in [0.4, 0.5) is 4.79 Å². The van der Waals surface area contributed by atoms with Gasteiger partial charge in [0.15, 0.2) is 18.5 Å². The van der Waals surface area contributed by atoms with E-state index in [0.717, 1.165) is 32.1 Å². The number of esters is 3. The summed E-state index contributed by atoms with van der Waals surface area (Å²) in [6.07, 6.45) is -4.80. The zero-order valence-corrected chi connectivity index (χ0v) is 21.7. The Hall–Kier alpha value is -2.73. The Kier molecular flexibility index (Phi) is 11.6. The van der Waals surface area contributed by atoms with E-state index in [1.54, 1.807) is 20.8 Å². The maximum atomic E-state index is 13.1. The zero-order valence-electron chi connectivity index (χ0n) is 21.7. The molecule has 0 aliphatic carbocycles. The van der Waals surface area contributed by atoms with E-state index in [2.05, 4.69) is 0 Å². The highest BCUT2D eigenvalue weighted by Gasteiger charge is 2.55. The number of ether oxygens (including phenoxy) is 6. The largest absolute Gasteiger partial charge is 0.463 e. The molecule has 1 saturated heterocycles. The summed E-state index contributed by atoms with van der Waals surface area (Å²) < 4.78 is 33.1. The molecule has 2 amide bonds. The van der Waals surface area contributed by atoms with Crippen LogP contribution in [0.25, 0.3) is 0 Å². The molecule has 1 aliphatic rings. The lowest BCUT2D eigenvalue weighted by Gasteiger charge is -2.47. The first kappa shape index (κ1) is 30.3. The van der Waals surface area contributed by atoms with Crippen LogP contribution < -0.4 is 0 Å². The monoisotopic (exact) mass is 503 g/mol. The van der Waals surface area contributed by atoms with Crippen LogP contribution in [0.5, 0.6) is 0 Å². The topological polar surface area (TPSA) is 144 Å². The van der Waals surface area contributed by atoms with Gasteiger partial charge in [-0.25, -0.2) is 9.69 Å². The van der Waals surface area contributed by atoms with Crippen molar-refractivity contribution >= 4 is 29.9 Å². The van der Waals surface area contributed by atoms with Gasteiger partial charge in [-0.1, -0.05) is 13.3 Å². The number of unbranched alkanes of at least 4 members (excludes halogenated alkanes) is 1. The summed E-state index contributed by atoms with van der Waals surface area (Å²) >= 11 is 0. The Labute approximate surface area is 205 Å². The first-order chi connectivity index (χ1) is 16.2. The van der Waals surface area contributed by atoms with Crippen molar-refractivity contribution in [2.75, 3.05) is 13.2 Å². The molecule has 0 aromatic rings. The molecular weight excluding hydrogens is 466 g/mol. The number of carbonyl (C=O) groups excluding carboxylic acids is 5. The number of rotatable bonds is 9. The summed E-state index contributed by atoms with van der Waals surface area (Å²) in [6, 6.07) is -1.37. The molecule has 12 nitrogen and oxygen atoms in total. The van der Waals surface area contributed by atoms with Gasteiger partial charge in [-0.2, -0.15) is 0 Å². The average molecular weight is 504 g/mol. The highest BCUT2D eigenvalue weighted by atomic mass is 16.7. The number of amides is 2. The van der Waals surface area contributed by atoms with Crippen LogP contribution in [0.3, 0.4) is 0 Å². The lowest BCUT2D eigenvalue weighted by Crippen LogP contribution is -2.68. The minimum Gasteiger partial charge on any atom is -0.463 e. The molecule has 35 heavy (non-hydrogen) atoms. The molecule has 1 rings (SSSR count). The molecule has 0 aromatic heterocycles. The number of hydrogen-bond acceptors (Lipinski definition) is 11. The van der Waals surface area contributed by atoms with Crippen molar-refractivity contribution in [1.29, 1.82) is 0 Å². The third-order valence-electron chi connectivity index (χ3n) is 4.68. The van der Waals surface area contributed by atoms with Crippen LogP contribution in [0.1, 0.15) is 68.2 Å². The van der Waals surface area contributed by atoms with Gasteiger partial charge in [0.25, 0.3) is 0 Å². The van der Waals surface area contributed by atoms with Crippen LogP contribution in [-0.4, -0.2) is 84.3 Å². The van der Waals surface area contributed by atoms with E-state index in [1.807, 2.05) is 6.92 Å². The molecule has 0 saturated carbocycles. The van der Waals surface area contributed by atoms with Crippen LogP contribution in [0.15, 0.2) is 0 Å². The first-order valence-corrected chi connectivity index (χ1v) is 11.5. The molecule has 5 atom stereocenters. The normalized spacial score (nSPS) is 24.2. The third-order valence-corrected chi connectivity index (χ3v) is 4.68. The maximum Gasteiger partial charge on any atom is 0.417 e. The molecule has 1 fully saturated rings. The molecule has 0 spiro atoms. The highest BCUT2D eigenvalue weighted by molar-refractivity contribution is 5.91. The Morgan fingerprint density at radius 1 is 0.886 bits per heavy atom. The van der Waals surface area contributed by atoms with Crippen molar-refractivity contribution in [1.82, 2.24) is 4.90 Å². The van der Waals surface area contributed by atoms with E-state index in [0.29, 0.717) is 6.42 Å². The van der Waals surface area contributed by atoms with Crippen molar-refractivity contribution in [2.24, 2.45) is 0 Å². The van der Waals surface area contributed by atoms with Gasteiger partial charge in [0.05, 0.1) is 0 Å². The molecule has 0 aromatic carbocycles. The van der Waals surface area contributed by atoms with Crippen LogP contribution in [-0.2, 0) is 47.6 Å². The Bertz CT molecular complexity index is 776. The van der Waals surface area contributed by atoms with E-state index in [1.165, 1.54) is 6.92 Å². The second-order valence-corrected chi connectivity index (χ2v) is 9.08. The minimum atomic E-state index is -1.41. The van der Waals surface area contributed by atoms with Crippen molar-refractivity contribution in [3.05, 3.63) is 0 Å². The molecule has 0 bridgehead atoms. The minimum absolute atomic E-state index is 0.184. The molecule has 0 radical (unpaired) electrons. The number of imide groups is 1. The smallest absolute Gasteiger partial charge is 0.417 e. The Balaban J connectivity index is 3.61. The standard InChI is InChI=1S/C23H37NO11/c1-9-10-11-30-21-18(24(13(2)25)22(29)35-23(6,7)8)20(33-16(5)28)19(32-15(4)27)17(34-21)12-31-14(3)26/h17-21H,9-12H2,1-8H3/t17?,18-,19-,20?,21-/m1/s1. The Morgan fingerprint density at radius 3 is 1.91 bits per heavy atom. The molecule has 1 heterocycles. The summed E-state index contributed by atoms with van der Waals surface area (Å²) in [6.45, 7) is 11.2. The van der Waals surface area contributed by atoms with E-state index < -0.39 is 66.2 Å². The lowest BCUT2D eigenvalue weighted by molar-refractivity contribution is -0.288. The van der Waals surface area contributed by atoms with Gasteiger partial charge >= 0.3 is 24.0 Å². The summed E-state index contributed by atoms with van der Waals surface area (Å²) in [5, 5.41) is 0. The Morgan fingerprint density at radius 2 is 1.46 bits per heavy atom. The fourth-order valence-electron chi connectivity index (χ4n) is 3.41. The average Bonchev–Trinajstić information content (AvgIpc) is 2.68. The number of hydrogen-bond donors (Lipinski definition) is 0. The molecule has 0 N–H and O–H groups in total. The second kappa shape index (κ2) is 13.4. The number of carbonyl (C=O) groups is 5. The fraction of sp³-hybridized carbons (Fsp3) is 0.783. The molecule has 12 heteroatoms. The van der Waals surface area contributed by atoms with E-state index in [-0.39, 0.29) is 13.2 Å². The van der Waals surface area contributed by atoms with Crippen LogP contribution in [0.2, 0.25) is 0 Å². The first-order valence-electron chi connectivity index (χ1n) is 11.5. The van der Waals surface area contributed by atoms with Crippen molar-refractivity contribution < 1.29 is 52.4 Å². The van der Waals surface area contributed by atoms with Crippen LogP contribution in [0, 0.1) is 0 Å². The SMILES string of the molecule is CCCCO[C@@H]1OC(COC(C)=O)[C@@H](OC(C)=O)C(OC(C)=O)[C@H]1N(C(C)=O)C(=O)OC(C)(C)C. The van der Waals surface area contributed by atoms with Gasteiger partial charge < -0.3 is 28.4 Å². The van der Waals surface area contributed by atoms with Crippen molar-refractivity contribution in [2.45, 2.75) is 104 Å². The molecular formula is C23H37NO11. The summed E-state index contributed by atoms with van der Waals surface area (Å²) in [4.78, 5) is 61.9. The van der Waals surface area contributed by atoms with Gasteiger partial charge in [-0.15, -0.1) is 0 Å². The van der Waals surface area contributed by atoms with E-state index >= 15 is 0 Å². The number of nitrogens with zero attached hydrogens (tertiary/aromatic N) is 1. The highest BCUT2D eigenvalue weighted by Crippen LogP contribution is 2.32. The lowest BCUT2D eigenvalue weighted by atomic mass is 9.94. The van der Waals surface area contributed by atoms with Gasteiger partial charge in [0.2, 0.25) is 5.91 Å². The fourth-order valence-corrected chi connectivity index (χ4v) is 3.41. The van der Waals surface area contributed by atoms with Crippen LogP contribution >= 0.6 is 0 Å². The third kappa shape index (κ3) is 9.81. The van der Waals surface area contributed by atoms with E-state index in [4.69, 9.17) is 28.4 Å². The predicted molar refractivity (Wildman–Crippen MR) is 120 cm³/mol. The quantitative estimate of drug-likeness (QED) is 0.259. The van der Waals surface area contributed by atoms with Crippen molar-refractivity contribution in [3.63, 3.8) is 0 Å². The summed E-state index contributed by atoms with van der Waals surface area (Å²) in [7, 11) is 0. The van der Waals surface area contributed by atoms with E-state index in [9.17, 15) is 24.0 Å².